The number of carbonyl (C=O) groups excluding carboxylic acids is 1. The van der Waals surface area contributed by atoms with Crippen LogP contribution in [0, 0.1) is 0 Å². The molecule has 0 aliphatic carbocycles. The number of amides is 1. The molecule has 2 heterocycles. The Morgan fingerprint density at radius 2 is 2.05 bits per heavy atom. The fourth-order valence-electron chi connectivity index (χ4n) is 1.90. The predicted octanol–water partition coefficient (Wildman–Crippen LogP) is 0.819. The maximum absolute atomic E-state index is 11.9. The zero-order valence-corrected chi connectivity index (χ0v) is 11.9. The Labute approximate surface area is 126 Å². The largest absolute Gasteiger partial charge is 0.497 e. The molecule has 0 saturated heterocycles. The Kier molecular flexibility index (Phi) is 3.82. The summed E-state index contributed by atoms with van der Waals surface area (Å²) in [5.41, 5.74) is 6.88. The molecular formula is C14H14N6O2. The van der Waals surface area contributed by atoms with Gasteiger partial charge >= 0.3 is 0 Å². The van der Waals surface area contributed by atoms with Crippen LogP contribution >= 0.6 is 0 Å². The number of methoxy groups -OCH3 is 1. The van der Waals surface area contributed by atoms with Crippen molar-refractivity contribution in [2.45, 2.75) is 6.42 Å². The van der Waals surface area contributed by atoms with Gasteiger partial charge in [0.25, 0.3) is 0 Å². The van der Waals surface area contributed by atoms with E-state index in [9.17, 15) is 4.79 Å². The summed E-state index contributed by atoms with van der Waals surface area (Å²) in [7, 11) is 1.60. The van der Waals surface area contributed by atoms with E-state index in [1.54, 1.807) is 19.2 Å². The maximum atomic E-state index is 11.9. The summed E-state index contributed by atoms with van der Waals surface area (Å²) in [6, 6.07) is 10.8. The van der Waals surface area contributed by atoms with E-state index in [0.29, 0.717) is 11.5 Å². The van der Waals surface area contributed by atoms with Gasteiger partial charge in [0.15, 0.2) is 11.5 Å². The fraction of sp³-hybridized carbons (Fsp3) is 0.143. The van der Waals surface area contributed by atoms with Crippen LogP contribution in [-0.2, 0) is 11.2 Å². The minimum atomic E-state index is -0.171. The molecule has 8 heteroatoms. The molecule has 3 aromatic rings. The molecular weight excluding hydrogens is 284 g/mol. The first-order valence-electron chi connectivity index (χ1n) is 6.59. The van der Waals surface area contributed by atoms with Gasteiger partial charge < -0.3 is 4.74 Å². The Morgan fingerprint density at radius 1 is 1.23 bits per heavy atom. The first-order valence-corrected chi connectivity index (χ1v) is 6.59. The summed E-state index contributed by atoms with van der Waals surface area (Å²) in [5, 5.41) is 11.8. The Morgan fingerprint density at radius 3 is 2.82 bits per heavy atom. The maximum Gasteiger partial charge on any atom is 0.242 e. The highest BCUT2D eigenvalue weighted by molar-refractivity contribution is 5.79. The van der Waals surface area contributed by atoms with Crippen LogP contribution < -0.4 is 15.6 Å². The highest BCUT2D eigenvalue weighted by Gasteiger charge is 2.04. The molecule has 0 bridgehead atoms. The van der Waals surface area contributed by atoms with Crippen molar-refractivity contribution in [1.82, 2.24) is 25.2 Å². The average molecular weight is 298 g/mol. The summed E-state index contributed by atoms with van der Waals surface area (Å²) in [4.78, 5) is 11.9. The van der Waals surface area contributed by atoms with E-state index in [-0.39, 0.29) is 12.3 Å². The molecule has 0 atom stereocenters. The van der Waals surface area contributed by atoms with Crippen LogP contribution in [0.3, 0.4) is 0 Å². The summed E-state index contributed by atoms with van der Waals surface area (Å²) >= 11 is 0. The van der Waals surface area contributed by atoms with E-state index in [2.05, 4.69) is 26.1 Å². The van der Waals surface area contributed by atoms with Gasteiger partial charge in [0.2, 0.25) is 5.91 Å². The standard InChI is InChI=1S/C14H14N6O2/c1-22-11-4-2-10(3-5-11)8-14(21)18-16-12-6-7-13-17-15-9-20(13)19-12/h2-7,9H,8H2,1H3,(H,16,19)(H,18,21). The zero-order chi connectivity index (χ0) is 15.4. The Bertz CT molecular complexity index is 783. The molecule has 2 aromatic heterocycles. The Hall–Kier alpha value is -3.16. The minimum Gasteiger partial charge on any atom is -0.497 e. The van der Waals surface area contributed by atoms with Crippen molar-refractivity contribution < 1.29 is 9.53 Å². The van der Waals surface area contributed by atoms with Gasteiger partial charge in [-0.3, -0.25) is 15.6 Å². The SMILES string of the molecule is COc1ccc(CC(=O)NNc2ccc3nncn3n2)cc1. The second-order valence-corrected chi connectivity index (χ2v) is 4.55. The molecule has 0 spiro atoms. The first-order chi connectivity index (χ1) is 10.7. The van der Waals surface area contributed by atoms with Gasteiger partial charge in [-0.05, 0) is 29.8 Å². The number of carbonyl (C=O) groups is 1. The molecule has 3 rings (SSSR count). The van der Waals surface area contributed by atoms with E-state index in [1.165, 1.54) is 10.8 Å². The number of ether oxygens (including phenoxy) is 1. The van der Waals surface area contributed by atoms with Gasteiger partial charge in [0, 0.05) is 0 Å². The summed E-state index contributed by atoms with van der Waals surface area (Å²) in [6.07, 6.45) is 1.74. The highest BCUT2D eigenvalue weighted by atomic mass is 16.5. The zero-order valence-electron chi connectivity index (χ0n) is 11.9. The number of benzene rings is 1. The van der Waals surface area contributed by atoms with Crippen molar-refractivity contribution in [3.8, 4) is 5.75 Å². The van der Waals surface area contributed by atoms with Crippen molar-refractivity contribution in [1.29, 1.82) is 0 Å². The molecule has 112 valence electrons. The molecule has 0 radical (unpaired) electrons. The van der Waals surface area contributed by atoms with Gasteiger partial charge in [-0.1, -0.05) is 12.1 Å². The normalized spacial score (nSPS) is 10.4. The van der Waals surface area contributed by atoms with Crippen molar-refractivity contribution in [3.05, 3.63) is 48.3 Å². The molecule has 0 unspecified atom stereocenters. The lowest BCUT2D eigenvalue weighted by molar-refractivity contribution is -0.119. The lowest BCUT2D eigenvalue weighted by Crippen LogP contribution is -2.31. The average Bonchev–Trinajstić information content (AvgIpc) is 3.01. The van der Waals surface area contributed by atoms with E-state index >= 15 is 0 Å². The van der Waals surface area contributed by atoms with E-state index < -0.39 is 0 Å². The molecule has 0 saturated carbocycles. The van der Waals surface area contributed by atoms with Crippen molar-refractivity contribution in [2.24, 2.45) is 0 Å². The number of hydrogen-bond acceptors (Lipinski definition) is 6. The fourth-order valence-corrected chi connectivity index (χ4v) is 1.90. The van der Waals surface area contributed by atoms with Crippen LogP contribution in [-0.4, -0.2) is 32.8 Å². The molecule has 2 N–H and O–H groups in total. The molecule has 0 aliphatic heterocycles. The molecule has 0 fully saturated rings. The van der Waals surface area contributed by atoms with Gasteiger partial charge in [-0.2, -0.15) is 4.52 Å². The van der Waals surface area contributed by atoms with Gasteiger partial charge in [-0.25, -0.2) is 0 Å². The van der Waals surface area contributed by atoms with Crippen LogP contribution in [0.25, 0.3) is 5.65 Å². The molecule has 8 nitrogen and oxygen atoms in total. The van der Waals surface area contributed by atoms with Gasteiger partial charge in [0.1, 0.15) is 12.1 Å². The third-order valence-electron chi connectivity index (χ3n) is 3.02. The van der Waals surface area contributed by atoms with Crippen LogP contribution in [0.2, 0.25) is 0 Å². The lowest BCUT2D eigenvalue weighted by atomic mass is 10.1. The van der Waals surface area contributed by atoms with Gasteiger partial charge in [0.05, 0.1) is 13.5 Å². The number of hydrazine groups is 1. The van der Waals surface area contributed by atoms with Gasteiger partial charge in [-0.15, -0.1) is 15.3 Å². The molecule has 1 aromatic carbocycles. The van der Waals surface area contributed by atoms with Crippen molar-refractivity contribution in [3.63, 3.8) is 0 Å². The number of nitrogens with zero attached hydrogens (tertiary/aromatic N) is 4. The van der Waals surface area contributed by atoms with E-state index in [0.717, 1.165) is 11.3 Å². The number of aromatic nitrogens is 4. The predicted molar refractivity (Wildman–Crippen MR) is 79.2 cm³/mol. The number of hydrogen-bond donors (Lipinski definition) is 2. The minimum absolute atomic E-state index is 0.171. The third-order valence-corrected chi connectivity index (χ3v) is 3.02. The quantitative estimate of drug-likeness (QED) is 0.677. The smallest absolute Gasteiger partial charge is 0.242 e. The van der Waals surface area contributed by atoms with Crippen molar-refractivity contribution in [2.75, 3.05) is 12.5 Å². The summed E-state index contributed by atoms with van der Waals surface area (Å²) < 4.78 is 6.59. The monoisotopic (exact) mass is 298 g/mol. The number of nitrogens with one attached hydrogen (secondary N) is 2. The molecule has 0 aliphatic rings. The second kappa shape index (κ2) is 6.08. The van der Waals surface area contributed by atoms with Crippen LogP contribution in [0.15, 0.2) is 42.7 Å². The first kappa shape index (κ1) is 13.8. The lowest BCUT2D eigenvalue weighted by Gasteiger charge is -2.08. The van der Waals surface area contributed by atoms with E-state index in [1.807, 2.05) is 24.3 Å². The topological polar surface area (TPSA) is 93.4 Å². The van der Waals surface area contributed by atoms with Crippen LogP contribution in [0.1, 0.15) is 5.56 Å². The molecule has 1 amide bonds. The summed E-state index contributed by atoms with van der Waals surface area (Å²) in [5.74, 6) is 1.08. The number of fused-ring (bicyclic) bond motifs is 1. The number of rotatable bonds is 5. The summed E-state index contributed by atoms with van der Waals surface area (Å²) in [6.45, 7) is 0. The Balaban J connectivity index is 1.56. The van der Waals surface area contributed by atoms with Crippen LogP contribution in [0.4, 0.5) is 5.82 Å². The van der Waals surface area contributed by atoms with Crippen molar-refractivity contribution >= 4 is 17.4 Å². The van der Waals surface area contributed by atoms with E-state index in [4.69, 9.17) is 4.74 Å². The second-order valence-electron chi connectivity index (χ2n) is 4.55. The van der Waals surface area contributed by atoms with Crippen LogP contribution in [0.5, 0.6) is 5.75 Å². The third kappa shape index (κ3) is 3.11. The molecule has 22 heavy (non-hydrogen) atoms. The number of anilines is 1. The highest BCUT2D eigenvalue weighted by Crippen LogP contribution is 2.11.